The van der Waals surface area contributed by atoms with Crippen molar-refractivity contribution in [1.29, 1.82) is 0 Å². The smallest absolute Gasteiger partial charge is 0.338 e. The number of hydrogen-bond donors (Lipinski definition) is 2. The fourth-order valence-corrected chi connectivity index (χ4v) is 1.75. The number of carbonyl (C=O) groups is 3. The summed E-state index contributed by atoms with van der Waals surface area (Å²) in [7, 11) is 0. The summed E-state index contributed by atoms with van der Waals surface area (Å²) in [5, 5.41) is 4.41. The number of fused-ring (bicyclic) bond motifs is 1. The number of carbonyl (C=O) groups excluding carboxylic acids is 3. The van der Waals surface area contributed by atoms with Gasteiger partial charge in [-0.05, 0) is 25.1 Å². The molecule has 0 spiro atoms. The number of nitrogens with one attached hydrogen (secondary N) is 2. The van der Waals surface area contributed by atoms with Gasteiger partial charge in [0.25, 0.3) is 5.91 Å². The predicted molar refractivity (Wildman–Crippen MR) is 74.9 cm³/mol. The highest BCUT2D eigenvalue weighted by Gasteiger charge is 2.17. The third-order valence-electron chi connectivity index (χ3n) is 2.70. The van der Waals surface area contributed by atoms with Crippen LogP contribution in [-0.4, -0.2) is 44.3 Å². The molecule has 118 valence electrons. The first-order valence-corrected chi connectivity index (χ1v) is 6.74. The van der Waals surface area contributed by atoms with E-state index < -0.39 is 24.5 Å². The van der Waals surface area contributed by atoms with E-state index in [0.717, 1.165) is 0 Å². The molecule has 1 aliphatic rings. The number of imide groups is 1. The predicted octanol–water partition coefficient (Wildman–Crippen LogP) is 0.460. The molecule has 8 heteroatoms. The van der Waals surface area contributed by atoms with E-state index in [2.05, 4.69) is 5.32 Å². The van der Waals surface area contributed by atoms with Crippen LogP contribution in [0.4, 0.5) is 4.79 Å². The summed E-state index contributed by atoms with van der Waals surface area (Å²) >= 11 is 0. The van der Waals surface area contributed by atoms with E-state index >= 15 is 0 Å². The summed E-state index contributed by atoms with van der Waals surface area (Å²) in [5.74, 6) is -0.399. The molecule has 2 rings (SSSR count). The molecule has 2 N–H and O–H groups in total. The average Bonchev–Trinajstić information content (AvgIpc) is 2.52. The molecule has 0 saturated heterocycles. The maximum Gasteiger partial charge on any atom is 0.338 e. The molecule has 0 bridgehead atoms. The van der Waals surface area contributed by atoms with Crippen LogP contribution >= 0.6 is 0 Å². The van der Waals surface area contributed by atoms with Crippen LogP contribution in [-0.2, 0) is 9.53 Å². The molecule has 0 fully saturated rings. The Morgan fingerprint density at radius 2 is 1.91 bits per heavy atom. The number of rotatable bonds is 4. The second-order valence-electron chi connectivity index (χ2n) is 4.34. The van der Waals surface area contributed by atoms with Crippen LogP contribution in [0.5, 0.6) is 11.5 Å². The first-order valence-electron chi connectivity index (χ1n) is 6.74. The fraction of sp³-hybridized carbons (Fsp3) is 0.357. The molecule has 1 aliphatic heterocycles. The molecular formula is C14H16N2O6. The lowest BCUT2D eigenvalue weighted by Crippen LogP contribution is -2.41. The molecule has 1 aromatic carbocycles. The standard InChI is InChI=1S/C14H16N2O6/c1-2-15-14(19)16-12(17)8-22-13(18)9-3-4-10-11(7-9)21-6-5-20-10/h3-4,7H,2,5-6,8H2,1H3,(H2,15,16,17,19). The van der Waals surface area contributed by atoms with Gasteiger partial charge < -0.3 is 19.5 Å². The van der Waals surface area contributed by atoms with E-state index in [0.29, 0.717) is 31.3 Å². The van der Waals surface area contributed by atoms with Crippen molar-refractivity contribution in [2.75, 3.05) is 26.4 Å². The van der Waals surface area contributed by atoms with E-state index in [1.165, 1.54) is 12.1 Å². The zero-order chi connectivity index (χ0) is 15.9. The van der Waals surface area contributed by atoms with Crippen LogP contribution in [0.1, 0.15) is 17.3 Å². The van der Waals surface area contributed by atoms with Gasteiger partial charge in [-0.3, -0.25) is 10.1 Å². The van der Waals surface area contributed by atoms with Crippen molar-refractivity contribution in [2.45, 2.75) is 6.92 Å². The molecular weight excluding hydrogens is 292 g/mol. The zero-order valence-electron chi connectivity index (χ0n) is 12.0. The molecule has 3 amide bonds. The lowest BCUT2D eigenvalue weighted by molar-refractivity contribution is -0.123. The molecule has 0 unspecified atom stereocenters. The van der Waals surface area contributed by atoms with Gasteiger partial charge in [-0.25, -0.2) is 9.59 Å². The van der Waals surface area contributed by atoms with E-state index in [1.807, 2.05) is 5.32 Å². The highest BCUT2D eigenvalue weighted by molar-refractivity contribution is 5.97. The molecule has 0 saturated carbocycles. The Bertz CT molecular complexity index is 587. The first-order chi connectivity index (χ1) is 10.6. The van der Waals surface area contributed by atoms with Gasteiger partial charge in [-0.2, -0.15) is 0 Å². The topological polar surface area (TPSA) is 103 Å². The molecule has 0 aliphatic carbocycles. The maximum absolute atomic E-state index is 11.8. The van der Waals surface area contributed by atoms with Gasteiger partial charge in [-0.15, -0.1) is 0 Å². The van der Waals surface area contributed by atoms with Crippen molar-refractivity contribution in [2.24, 2.45) is 0 Å². The third-order valence-corrected chi connectivity index (χ3v) is 2.70. The Morgan fingerprint density at radius 3 is 2.64 bits per heavy atom. The molecule has 8 nitrogen and oxygen atoms in total. The van der Waals surface area contributed by atoms with Crippen LogP contribution in [0.25, 0.3) is 0 Å². The van der Waals surface area contributed by atoms with Gasteiger partial charge in [0.05, 0.1) is 5.56 Å². The second kappa shape index (κ2) is 7.30. The number of amides is 3. The Labute approximate surface area is 126 Å². The molecule has 0 aromatic heterocycles. The summed E-state index contributed by atoms with van der Waals surface area (Å²) in [5.41, 5.74) is 0.232. The monoisotopic (exact) mass is 308 g/mol. The summed E-state index contributed by atoms with van der Waals surface area (Å²) in [4.78, 5) is 34.4. The minimum atomic E-state index is -0.711. The Kier molecular flexibility index (Phi) is 5.18. The average molecular weight is 308 g/mol. The second-order valence-corrected chi connectivity index (χ2v) is 4.34. The number of urea groups is 1. The summed E-state index contributed by atoms with van der Waals surface area (Å²) in [6, 6.07) is 3.96. The van der Waals surface area contributed by atoms with Crippen LogP contribution < -0.4 is 20.1 Å². The molecule has 0 atom stereocenters. The van der Waals surface area contributed by atoms with Crippen molar-refractivity contribution in [3.05, 3.63) is 23.8 Å². The number of benzene rings is 1. The van der Waals surface area contributed by atoms with Crippen LogP contribution in [0.3, 0.4) is 0 Å². The minimum absolute atomic E-state index is 0.232. The first kappa shape index (κ1) is 15.6. The van der Waals surface area contributed by atoms with Crippen LogP contribution in [0.2, 0.25) is 0 Å². The van der Waals surface area contributed by atoms with Gasteiger partial charge in [0.15, 0.2) is 18.1 Å². The van der Waals surface area contributed by atoms with Gasteiger partial charge in [0, 0.05) is 6.54 Å². The van der Waals surface area contributed by atoms with Gasteiger partial charge in [-0.1, -0.05) is 0 Å². The summed E-state index contributed by atoms with van der Waals surface area (Å²) < 4.78 is 15.5. The molecule has 1 aromatic rings. The van der Waals surface area contributed by atoms with Crippen molar-refractivity contribution in [3.63, 3.8) is 0 Å². The SMILES string of the molecule is CCNC(=O)NC(=O)COC(=O)c1ccc2c(c1)OCCO2. The number of ether oxygens (including phenoxy) is 3. The third kappa shape index (κ3) is 4.11. The lowest BCUT2D eigenvalue weighted by atomic mass is 10.2. The van der Waals surface area contributed by atoms with Gasteiger partial charge >= 0.3 is 12.0 Å². The minimum Gasteiger partial charge on any atom is -0.486 e. The van der Waals surface area contributed by atoms with E-state index in [1.54, 1.807) is 13.0 Å². The van der Waals surface area contributed by atoms with E-state index in [4.69, 9.17) is 14.2 Å². The Hall–Kier alpha value is -2.77. The quantitative estimate of drug-likeness (QED) is 0.783. The van der Waals surface area contributed by atoms with Crippen molar-refractivity contribution < 1.29 is 28.6 Å². The molecule has 1 heterocycles. The Morgan fingerprint density at radius 1 is 1.18 bits per heavy atom. The Balaban J connectivity index is 1.87. The van der Waals surface area contributed by atoms with E-state index in [-0.39, 0.29) is 5.56 Å². The largest absolute Gasteiger partial charge is 0.486 e. The van der Waals surface area contributed by atoms with Crippen molar-refractivity contribution >= 4 is 17.9 Å². The van der Waals surface area contributed by atoms with Gasteiger partial charge in [0.2, 0.25) is 0 Å². The van der Waals surface area contributed by atoms with Crippen molar-refractivity contribution in [1.82, 2.24) is 10.6 Å². The van der Waals surface area contributed by atoms with Crippen LogP contribution in [0, 0.1) is 0 Å². The maximum atomic E-state index is 11.8. The van der Waals surface area contributed by atoms with Crippen molar-refractivity contribution in [3.8, 4) is 11.5 Å². The fourth-order valence-electron chi connectivity index (χ4n) is 1.75. The summed E-state index contributed by atoms with van der Waals surface area (Å²) in [6.07, 6.45) is 0. The number of hydrogen-bond acceptors (Lipinski definition) is 6. The van der Waals surface area contributed by atoms with Crippen LogP contribution in [0.15, 0.2) is 18.2 Å². The highest BCUT2D eigenvalue weighted by atomic mass is 16.6. The van der Waals surface area contributed by atoms with Gasteiger partial charge in [0.1, 0.15) is 13.2 Å². The number of esters is 1. The summed E-state index contributed by atoms with van der Waals surface area (Å²) in [6.45, 7) is 2.41. The van der Waals surface area contributed by atoms with E-state index in [9.17, 15) is 14.4 Å². The highest BCUT2D eigenvalue weighted by Crippen LogP contribution is 2.30. The molecule has 22 heavy (non-hydrogen) atoms. The lowest BCUT2D eigenvalue weighted by Gasteiger charge is -2.18. The zero-order valence-corrected chi connectivity index (χ0v) is 12.0. The normalized spacial score (nSPS) is 12.2. The molecule has 0 radical (unpaired) electrons.